The maximum Gasteiger partial charge on any atom is 0.244 e. The summed E-state index contributed by atoms with van der Waals surface area (Å²) >= 11 is 1.69. The lowest BCUT2D eigenvalue weighted by Crippen LogP contribution is -2.46. The van der Waals surface area contributed by atoms with Gasteiger partial charge in [0.1, 0.15) is 6.04 Å². The highest BCUT2D eigenvalue weighted by atomic mass is 32.2. The van der Waals surface area contributed by atoms with Crippen LogP contribution in [0.2, 0.25) is 0 Å². The number of pyridine rings is 1. The molecule has 3 fully saturated rings. The molecule has 2 aliphatic heterocycles. The number of likely N-dealkylation sites (tertiary alicyclic amines) is 2. The van der Waals surface area contributed by atoms with E-state index in [1.165, 1.54) is 4.90 Å². The van der Waals surface area contributed by atoms with E-state index >= 15 is 0 Å². The molecule has 2 unspecified atom stereocenters. The van der Waals surface area contributed by atoms with Gasteiger partial charge in [-0.05, 0) is 92.8 Å². The first-order valence-corrected chi connectivity index (χ1v) is 13.2. The van der Waals surface area contributed by atoms with Crippen molar-refractivity contribution >= 4 is 29.3 Å². The molecule has 5 rings (SSSR count). The second-order valence-corrected chi connectivity index (χ2v) is 10.5. The van der Waals surface area contributed by atoms with Gasteiger partial charge in [0.15, 0.2) is 0 Å². The molecule has 2 amide bonds. The number of thioether (sulfide) groups is 1. The number of benzene rings is 1. The first-order chi connectivity index (χ1) is 16.1. The Labute approximate surface area is 200 Å². The number of piperidine rings is 1. The summed E-state index contributed by atoms with van der Waals surface area (Å²) in [5.74, 6) is 0.370. The van der Waals surface area contributed by atoms with Crippen molar-refractivity contribution in [2.75, 3.05) is 37.8 Å². The molecule has 2 aromatic rings. The maximum atomic E-state index is 13.6. The van der Waals surface area contributed by atoms with E-state index in [1.54, 1.807) is 18.0 Å². The van der Waals surface area contributed by atoms with Gasteiger partial charge < -0.3 is 10.2 Å². The van der Waals surface area contributed by atoms with Crippen LogP contribution in [-0.2, 0) is 9.59 Å². The third-order valence-corrected chi connectivity index (χ3v) is 8.42. The number of rotatable bonds is 6. The van der Waals surface area contributed by atoms with Crippen molar-refractivity contribution in [2.45, 2.75) is 43.0 Å². The normalized spacial score (nSPS) is 22.8. The van der Waals surface area contributed by atoms with E-state index in [9.17, 15) is 9.59 Å². The minimum Gasteiger partial charge on any atom is -0.341 e. The topological polar surface area (TPSA) is 65.5 Å². The molecule has 1 N–H and O–H groups in total. The molecule has 3 aliphatic rings. The average molecular weight is 465 g/mol. The SMILES string of the molecule is CSc1ccc(NC(=O)C2CC23CCN(C(=O)C(c2cccnc2)N2CCCC2)CC3)cc1. The monoisotopic (exact) mass is 464 g/mol. The van der Waals surface area contributed by atoms with Crippen LogP contribution in [0.25, 0.3) is 0 Å². The van der Waals surface area contributed by atoms with E-state index in [1.807, 2.05) is 53.8 Å². The van der Waals surface area contributed by atoms with Gasteiger partial charge in [-0.2, -0.15) is 0 Å². The van der Waals surface area contributed by atoms with E-state index in [-0.39, 0.29) is 29.2 Å². The van der Waals surface area contributed by atoms with Crippen molar-refractivity contribution in [3.8, 4) is 0 Å². The molecule has 33 heavy (non-hydrogen) atoms. The maximum absolute atomic E-state index is 13.6. The van der Waals surface area contributed by atoms with Gasteiger partial charge in [0.2, 0.25) is 11.8 Å². The lowest BCUT2D eigenvalue weighted by Gasteiger charge is -2.37. The summed E-state index contributed by atoms with van der Waals surface area (Å²) in [7, 11) is 0. The number of nitrogens with one attached hydrogen (secondary N) is 1. The summed E-state index contributed by atoms with van der Waals surface area (Å²) in [6.07, 6.45) is 10.7. The Morgan fingerprint density at radius 1 is 1.09 bits per heavy atom. The predicted octanol–water partition coefficient (Wildman–Crippen LogP) is 4.21. The summed E-state index contributed by atoms with van der Waals surface area (Å²) in [4.78, 5) is 36.3. The molecular formula is C26H32N4O2S. The first kappa shape index (κ1) is 22.4. The van der Waals surface area contributed by atoms with Crippen LogP contribution in [0.4, 0.5) is 5.69 Å². The second-order valence-electron chi connectivity index (χ2n) is 9.59. The highest BCUT2D eigenvalue weighted by Crippen LogP contribution is 2.59. The van der Waals surface area contributed by atoms with Gasteiger partial charge in [0, 0.05) is 42.0 Å². The molecule has 6 nitrogen and oxygen atoms in total. The lowest BCUT2D eigenvalue weighted by atomic mass is 9.90. The molecule has 1 aliphatic carbocycles. The fourth-order valence-electron chi connectivity index (χ4n) is 5.57. The number of carbonyl (C=O) groups excluding carboxylic acids is 2. The Balaban J connectivity index is 1.19. The minimum absolute atomic E-state index is 0.0580. The number of hydrogen-bond donors (Lipinski definition) is 1. The molecule has 1 aromatic heterocycles. The molecule has 0 bridgehead atoms. The van der Waals surface area contributed by atoms with E-state index < -0.39 is 0 Å². The van der Waals surface area contributed by atoms with Crippen LogP contribution < -0.4 is 5.32 Å². The van der Waals surface area contributed by atoms with Gasteiger partial charge >= 0.3 is 0 Å². The average Bonchev–Trinajstić information content (AvgIpc) is 3.28. The zero-order valence-electron chi connectivity index (χ0n) is 19.2. The van der Waals surface area contributed by atoms with Crippen LogP contribution in [0.3, 0.4) is 0 Å². The standard InChI is InChI=1S/C26H32N4O2S/c1-33-21-8-6-20(7-9-21)28-24(31)22-17-26(22)10-15-30(16-11-26)25(32)23(29-13-2-3-14-29)19-5-4-12-27-18-19/h4-9,12,18,22-23H,2-3,10-11,13-17H2,1H3,(H,28,31). The molecule has 7 heteroatoms. The molecule has 2 saturated heterocycles. The fourth-order valence-corrected chi connectivity index (χ4v) is 5.98. The van der Waals surface area contributed by atoms with Crippen LogP contribution in [0, 0.1) is 11.3 Å². The molecular weight excluding hydrogens is 432 g/mol. The first-order valence-electron chi connectivity index (χ1n) is 12.0. The van der Waals surface area contributed by atoms with Gasteiger partial charge in [-0.1, -0.05) is 6.07 Å². The van der Waals surface area contributed by atoms with Crippen LogP contribution in [-0.4, -0.2) is 59.0 Å². The lowest BCUT2D eigenvalue weighted by molar-refractivity contribution is -0.138. The third-order valence-electron chi connectivity index (χ3n) is 7.67. The van der Waals surface area contributed by atoms with Gasteiger partial charge in [-0.15, -0.1) is 11.8 Å². The van der Waals surface area contributed by atoms with E-state index in [4.69, 9.17) is 0 Å². The molecule has 3 heterocycles. The molecule has 1 saturated carbocycles. The van der Waals surface area contributed by atoms with Gasteiger partial charge in [-0.25, -0.2) is 0 Å². The van der Waals surface area contributed by atoms with Crippen LogP contribution in [0.1, 0.15) is 43.7 Å². The molecule has 2 atom stereocenters. The van der Waals surface area contributed by atoms with Crippen molar-refractivity contribution in [3.63, 3.8) is 0 Å². The minimum atomic E-state index is -0.238. The van der Waals surface area contributed by atoms with Crippen LogP contribution in [0.5, 0.6) is 0 Å². The summed E-state index contributed by atoms with van der Waals surface area (Å²) in [5.41, 5.74) is 1.91. The van der Waals surface area contributed by atoms with Crippen molar-refractivity contribution < 1.29 is 9.59 Å². The predicted molar refractivity (Wildman–Crippen MR) is 131 cm³/mol. The highest BCUT2D eigenvalue weighted by Gasteiger charge is 2.59. The summed E-state index contributed by atoms with van der Waals surface area (Å²) < 4.78 is 0. The van der Waals surface area contributed by atoms with Gasteiger partial charge in [0.05, 0.1) is 0 Å². The van der Waals surface area contributed by atoms with Crippen molar-refractivity contribution in [3.05, 3.63) is 54.4 Å². The third kappa shape index (κ3) is 4.66. The van der Waals surface area contributed by atoms with E-state index in [0.717, 1.165) is 69.5 Å². The Hall–Kier alpha value is -2.38. The van der Waals surface area contributed by atoms with Crippen molar-refractivity contribution in [1.29, 1.82) is 0 Å². The zero-order chi connectivity index (χ0) is 22.8. The van der Waals surface area contributed by atoms with Gasteiger partial charge in [-0.3, -0.25) is 19.5 Å². The number of carbonyl (C=O) groups is 2. The second kappa shape index (κ2) is 9.47. The van der Waals surface area contributed by atoms with E-state index in [2.05, 4.69) is 15.2 Å². The Morgan fingerprint density at radius 3 is 2.45 bits per heavy atom. The Morgan fingerprint density at radius 2 is 1.82 bits per heavy atom. The Bertz CT molecular complexity index is 983. The number of aromatic nitrogens is 1. The summed E-state index contributed by atoms with van der Waals surface area (Å²) in [6.45, 7) is 3.39. The number of nitrogens with zero attached hydrogens (tertiary/aromatic N) is 3. The highest BCUT2D eigenvalue weighted by molar-refractivity contribution is 7.98. The van der Waals surface area contributed by atoms with E-state index in [0.29, 0.717) is 0 Å². The van der Waals surface area contributed by atoms with Crippen molar-refractivity contribution in [2.24, 2.45) is 11.3 Å². The van der Waals surface area contributed by atoms with Crippen LogP contribution in [0.15, 0.2) is 53.7 Å². The smallest absolute Gasteiger partial charge is 0.244 e. The molecule has 174 valence electrons. The number of anilines is 1. The molecule has 0 radical (unpaired) electrons. The largest absolute Gasteiger partial charge is 0.341 e. The van der Waals surface area contributed by atoms with Crippen molar-refractivity contribution in [1.82, 2.24) is 14.8 Å². The quantitative estimate of drug-likeness (QED) is 0.649. The fraction of sp³-hybridized carbons (Fsp3) is 0.500. The zero-order valence-corrected chi connectivity index (χ0v) is 20.0. The number of hydrogen-bond acceptors (Lipinski definition) is 5. The van der Waals surface area contributed by atoms with Gasteiger partial charge in [0.25, 0.3) is 0 Å². The summed E-state index contributed by atoms with van der Waals surface area (Å²) in [6, 6.07) is 11.7. The number of amides is 2. The Kier molecular flexibility index (Phi) is 6.43. The molecule has 1 aromatic carbocycles. The summed E-state index contributed by atoms with van der Waals surface area (Å²) in [5, 5.41) is 3.10. The molecule has 1 spiro atoms. The van der Waals surface area contributed by atoms with Crippen LogP contribution >= 0.6 is 11.8 Å².